The molecule has 0 bridgehead atoms. The van der Waals surface area contributed by atoms with Crippen LogP contribution in [0.4, 0.5) is 0 Å². The van der Waals surface area contributed by atoms with Crippen LogP contribution in [0.25, 0.3) is 0 Å². The first kappa shape index (κ1) is 11.3. The summed E-state index contributed by atoms with van der Waals surface area (Å²) in [6.07, 6.45) is -1.46. The number of carbonyl (C=O) groups is 1. The van der Waals surface area contributed by atoms with Crippen LogP contribution < -0.4 is 4.74 Å². The van der Waals surface area contributed by atoms with Gasteiger partial charge in [-0.1, -0.05) is 12.1 Å². The first-order chi connectivity index (χ1) is 7.11. The Hall–Kier alpha value is -1.75. The first-order valence-electron chi connectivity index (χ1n) is 4.23. The fourth-order valence-electron chi connectivity index (χ4n) is 1.22. The number of hydrogen-bond acceptors (Lipinski definition) is 5. The van der Waals surface area contributed by atoms with E-state index in [1.54, 1.807) is 0 Å². The van der Waals surface area contributed by atoms with Gasteiger partial charge in [0.25, 0.3) is 0 Å². The number of para-hydroxylation sites is 1. The average molecular weight is 212 g/mol. The van der Waals surface area contributed by atoms with E-state index < -0.39 is 12.1 Å². The molecule has 82 valence electrons. The van der Waals surface area contributed by atoms with Gasteiger partial charge in [0.15, 0.2) is 17.6 Å². The van der Waals surface area contributed by atoms with Crippen LogP contribution >= 0.6 is 0 Å². The number of benzene rings is 1. The molecule has 15 heavy (non-hydrogen) atoms. The molecule has 0 saturated heterocycles. The standard InChI is InChI=1S/C10H12O5/c1-14-9-6(4-3-5-7(9)11)8(12)10(13)15-2/h3-5,8,11-12H,1-2H3. The van der Waals surface area contributed by atoms with Gasteiger partial charge in [0.1, 0.15) is 0 Å². The third kappa shape index (κ3) is 2.19. The van der Waals surface area contributed by atoms with Crippen molar-refractivity contribution < 1.29 is 24.5 Å². The molecule has 0 saturated carbocycles. The molecule has 0 spiro atoms. The molecule has 1 aromatic rings. The molecule has 5 nitrogen and oxygen atoms in total. The zero-order chi connectivity index (χ0) is 11.4. The zero-order valence-corrected chi connectivity index (χ0v) is 8.43. The summed E-state index contributed by atoms with van der Waals surface area (Å²) in [5, 5.41) is 19.0. The Bertz CT molecular complexity index is 361. The highest BCUT2D eigenvalue weighted by Crippen LogP contribution is 2.33. The SMILES string of the molecule is COC(=O)C(O)c1cccc(O)c1OC. The summed E-state index contributed by atoms with van der Waals surface area (Å²) in [5.41, 5.74) is 0.171. The molecule has 1 rings (SSSR count). The topological polar surface area (TPSA) is 76.0 Å². The third-order valence-corrected chi connectivity index (χ3v) is 1.95. The molecule has 1 unspecified atom stereocenters. The van der Waals surface area contributed by atoms with Gasteiger partial charge in [-0.3, -0.25) is 0 Å². The van der Waals surface area contributed by atoms with Gasteiger partial charge >= 0.3 is 5.97 Å². The lowest BCUT2D eigenvalue weighted by molar-refractivity contribution is -0.150. The monoisotopic (exact) mass is 212 g/mol. The van der Waals surface area contributed by atoms with Crippen LogP contribution in [0.1, 0.15) is 11.7 Å². The molecular weight excluding hydrogens is 200 g/mol. The van der Waals surface area contributed by atoms with Gasteiger partial charge in [-0.2, -0.15) is 0 Å². The summed E-state index contributed by atoms with van der Waals surface area (Å²) >= 11 is 0. The van der Waals surface area contributed by atoms with Gasteiger partial charge in [0.05, 0.1) is 14.2 Å². The number of ether oxygens (including phenoxy) is 2. The van der Waals surface area contributed by atoms with Crippen molar-refractivity contribution in [1.29, 1.82) is 0 Å². The minimum absolute atomic E-state index is 0.0652. The fourth-order valence-corrected chi connectivity index (χ4v) is 1.22. The van der Waals surface area contributed by atoms with Crippen molar-refractivity contribution >= 4 is 5.97 Å². The van der Waals surface area contributed by atoms with Crippen LogP contribution in [0, 0.1) is 0 Å². The quantitative estimate of drug-likeness (QED) is 0.718. The predicted molar refractivity (Wildman–Crippen MR) is 51.6 cm³/mol. The van der Waals surface area contributed by atoms with Crippen LogP contribution in [0.3, 0.4) is 0 Å². The van der Waals surface area contributed by atoms with Crippen molar-refractivity contribution in [3.63, 3.8) is 0 Å². The Balaban J connectivity index is 3.13. The zero-order valence-electron chi connectivity index (χ0n) is 8.43. The smallest absolute Gasteiger partial charge is 0.339 e. The van der Waals surface area contributed by atoms with Gasteiger partial charge < -0.3 is 19.7 Å². The number of phenols is 1. The van der Waals surface area contributed by atoms with Crippen LogP contribution in [0.5, 0.6) is 11.5 Å². The van der Waals surface area contributed by atoms with Crippen molar-refractivity contribution in [3.05, 3.63) is 23.8 Å². The van der Waals surface area contributed by atoms with E-state index in [1.807, 2.05) is 0 Å². The van der Waals surface area contributed by atoms with E-state index in [4.69, 9.17) is 4.74 Å². The number of rotatable bonds is 3. The lowest BCUT2D eigenvalue weighted by Crippen LogP contribution is -2.14. The minimum atomic E-state index is -1.46. The summed E-state index contributed by atoms with van der Waals surface area (Å²) < 4.78 is 9.25. The third-order valence-electron chi connectivity index (χ3n) is 1.95. The summed E-state index contributed by atoms with van der Waals surface area (Å²) in [6.45, 7) is 0. The molecule has 0 heterocycles. The number of aliphatic hydroxyl groups is 1. The molecule has 1 atom stereocenters. The molecule has 0 aliphatic rings. The van der Waals surface area contributed by atoms with Crippen LogP contribution in [-0.4, -0.2) is 30.4 Å². The second-order valence-corrected chi connectivity index (χ2v) is 2.83. The molecule has 0 amide bonds. The predicted octanol–water partition coefficient (Wildman–Crippen LogP) is 0.607. The second kappa shape index (κ2) is 4.65. The maximum atomic E-state index is 11.1. The highest BCUT2D eigenvalue weighted by molar-refractivity contribution is 5.77. The van der Waals surface area contributed by atoms with Crippen molar-refractivity contribution in [2.24, 2.45) is 0 Å². The lowest BCUT2D eigenvalue weighted by Gasteiger charge is -2.13. The minimum Gasteiger partial charge on any atom is -0.504 e. The fraction of sp³-hybridized carbons (Fsp3) is 0.300. The number of phenolic OH excluding ortho intramolecular Hbond substituents is 1. The van der Waals surface area contributed by atoms with Crippen molar-refractivity contribution in [2.75, 3.05) is 14.2 Å². The summed E-state index contributed by atoms with van der Waals surface area (Å²) in [5.74, 6) is -0.882. The molecule has 0 aliphatic carbocycles. The Morgan fingerprint density at radius 3 is 2.60 bits per heavy atom. The van der Waals surface area contributed by atoms with Crippen molar-refractivity contribution in [2.45, 2.75) is 6.10 Å². The second-order valence-electron chi connectivity index (χ2n) is 2.83. The maximum Gasteiger partial charge on any atom is 0.339 e. The van der Waals surface area contributed by atoms with E-state index >= 15 is 0 Å². The van der Waals surface area contributed by atoms with Crippen LogP contribution in [0.15, 0.2) is 18.2 Å². The molecule has 0 radical (unpaired) electrons. The van der Waals surface area contributed by atoms with E-state index in [0.717, 1.165) is 0 Å². The lowest BCUT2D eigenvalue weighted by atomic mass is 10.1. The highest BCUT2D eigenvalue weighted by atomic mass is 16.5. The largest absolute Gasteiger partial charge is 0.504 e. The molecular formula is C10H12O5. The van der Waals surface area contributed by atoms with E-state index in [9.17, 15) is 15.0 Å². The van der Waals surface area contributed by atoms with Crippen molar-refractivity contribution in [3.8, 4) is 11.5 Å². The van der Waals surface area contributed by atoms with Gasteiger partial charge in [0, 0.05) is 5.56 Å². The molecule has 5 heteroatoms. The first-order valence-corrected chi connectivity index (χ1v) is 4.23. The van der Waals surface area contributed by atoms with Gasteiger partial charge in [-0.05, 0) is 6.07 Å². The van der Waals surface area contributed by atoms with E-state index in [2.05, 4.69) is 4.74 Å². The number of esters is 1. The van der Waals surface area contributed by atoms with E-state index in [0.29, 0.717) is 0 Å². The van der Waals surface area contributed by atoms with Gasteiger partial charge in [0.2, 0.25) is 0 Å². The van der Waals surface area contributed by atoms with E-state index in [1.165, 1.54) is 32.4 Å². The number of aliphatic hydroxyl groups excluding tert-OH is 1. The number of hydrogen-bond donors (Lipinski definition) is 2. The Kier molecular flexibility index (Phi) is 3.51. The van der Waals surface area contributed by atoms with Crippen molar-refractivity contribution in [1.82, 2.24) is 0 Å². The summed E-state index contributed by atoms with van der Waals surface area (Å²) in [7, 11) is 2.50. The molecule has 0 aliphatic heterocycles. The highest BCUT2D eigenvalue weighted by Gasteiger charge is 2.23. The number of methoxy groups -OCH3 is 2. The normalized spacial score (nSPS) is 11.9. The Labute approximate surface area is 86.9 Å². The molecule has 0 aromatic heterocycles. The summed E-state index contributed by atoms with van der Waals surface area (Å²) in [4.78, 5) is 11.1. The Morgan fingerprint density at radius 1 is 1.40 bits per heavy atom. The van der Waals surface area contributed by atoms with E-state index in [-0.39, 0.29) is 17.1 Å². The molecule has 0 fully saturated rings. The summed E-state index contributed by atoms with van der Waals surface area (Å²) in [6, 6.07) is 4.37. The van der Waals surface area contributed by atoms with Crippen LogP contribution in [0.2, 0.25) is 0 Å². The van der Waals surface area contributed by atoms with Crippen LogP contribution in [-0.2, 0) is 9.53 Å². The molecule has 1 aromatic carbocycles. The van der Waals surface area contributed by atoms with Gasteiger partial charge in [-0.25, -0.2) is 4.79 Å². The molecule has 2 N–H and O–H groups in total. The number of carbonyl (C=O) groups excluding carboxylic acids is 1. The maximum absolute atomic E-state index is 11.1. The Morgan fingerprint density at radius 2 is 2.07 bits per heavy atom. The number of aromatic hydroxyl groups is 1. The average Bonchev–Trinajstić information content (AvgIpc) is 2.26. The van der Waals surface area contributed by atoms with Gasteiger partial charge in [-0.15, -0.1) is 0 Å².